The van der Waals surface area contributed by atoms with Gasteiger partial charge in [-0.05, 0) is 44.2 Å². The van der Waals surface area contributed by atoms with E-state index in [4.69, 9.17) is 9.15 Å². The Morgan fingerprint density at radius 1 is 1.21 bits per heavy atom. The van der Waals surface area contributed by atoms with Crippen molar-refractivity contribution >= 4 is 12.0 Å². The lowest BCUT2D eigenvalue weighted by Gasteiger charge is -2.30. The minimum absolute atomic E-state index is 0.244. The summed E-state index contributed by atoms with van der Waals surface area (Å²) in [5.41, 5.74) is 3.25. The normalized spacial score (nSPS) is 16.7. The number of amides is 2. The van der Waals surface area contributed by atoms with Gasteiger partial charge in [0.1, 0.15) is 11.8 Å². The molecule has 0 spiro atoms. The molecule has 7 heteroatoms. The van der Waals surface area contributed by atoms with Gasteiger partial charge in [-0.2, -0.15) is 0 Å². The summed E-state index contributed by atoms with van der Waals surface area (Å²) in [5.74, 6) is 0.00708. The standard InChI is InChI=1S/C21H25N3O4/c1-4-27-20(25)18-16(13-24(3)12-15-9-6-5-8-14(15)2)22-21(26)23-19(18)17-10-7-11-28-17/h5-11,19H,4,12-13H2,1-3H3,(H2,22,23,26)/t19-/m0/s1. The van der Waals surface area contributed by atoms with Gasteiger partial charge in [0, 0.05) is 18.8 Å². The van der Waals surface area contributed by atoms with Gasteiger partial charge in [0.2, 0.25) is 0 Å². The molecule has 2 aromatic rings. The Kier molecular flexibility index (Phi) is 6.16. The second-order valence-corrected chi connectivity index (χ2v) is 6.76. The van der Waals surface area contributed by atoms with Crippen LogP contribution >= 0.6 is 0 Å². The van der Waals surface area contributed by atoms with Crippen molar-refractivity contribution in [2.24, 2.45) is 0 Å². The Hall–Kier alpha value is -3.06. The molecule has 0 saturated carbocycles. The van der Waals surface area contributed by atoms with Crippen LogP contribution in [0, 0.1) is 6.92 Å². The monoisotopic (exact) mass is 383 g/mol. The second kappa shape index (κ2) is 8.75. The van der Waals surface area contributed by atoms with Crippen LogP contribution in [-0.4, -0.2) is 37.1 Å². The Balaban J connectivity index is 1.90. The fourth-order valence-electron chi connectivity index (χ4n) is 3.27. The molecule has 7 nitrogen and oxygen atoms in total. The molecule has 1 aromatic carbocycles. The van der Waals surface area contributed by atoms with Crippen molar-refractivity contribution in [1.82, 2.24) is 15.5 Å². The highest BCUT2D eigenvalue weighted by atomic mass is 16.5. The predicted octanol–water partition coefficient (Wildman–Crippen LogP) is 2.89. The lowest BCUT2D eigenvalue weighted by molar-refractivity contribution is -0.139. The van der Waals surface area contributed by atoms with Crippen LogP contribution < -0.4 is 10.6 Å². The highest BCUT2D eigenvalue weighted by molar-refractivity contribution is 5.95. The molecule has 0 bridgehead atoms. The van der Waals surface area contributed by atoms with Gasteiger partial charge in [-0.25, -0.2) is 9.59 Å². The Morgan fingerprint density at radius 2 is 2.00 bits per heavy atom. The maximum atomic E-state index is 12.7. The molecule has 28 heavy (non-hydrogen) atoms. The number of benzene rings is 1. The molecule has 0 unspecified atom stereocenters. The van der Waals surface area contributed by atoms with Crippen LogP contribution in [0.15, 0.2) is 58.3 Å². The molecule has 1 aliphatic rings. The number of nitrogens with zero attached hydrogens (tertiary/aromatic N) is 1. The van der Waals surface area contributed by atoms with Crippen molar-refractivity contribution in [3.8, 4) is 0 Å². The molecule has 2 N–H and O–H groups in total. The summed E-state index contributed by atoms with van der Waals surface area (Å²) < 4.78 is 10.7. The average Bonchev–Trinajstić information content (AvgIpc) is 3.18. The number of ether oxygens (including phenoxy) is 1. The van der Waals surface area contributed by atoms with Crippen molar-refractivity contribution in [2.45, 2.75) is 26.4 Å². The van der Waals surface area contributed by atoms with Crippen molar-refractivity contribution in [3.05, 3.63) is 70.8 Å². The molecule has 2 heterocycles. The van der Waals surface area contributed by atoms with Crippen molar-refractivity contribution < 1.29 is 18.7 Å². The van der Waals surface area contributed by atoms with Crippen LogP contribution in [-0.2, 0) is 16.1 Å². The Bertz CT molecular complexity index is 874. The zero-order chi connectivity index (χ0) is 20.1. The van der Waals surface area contributed by atoms with Gasteiger partial charge < -0.3 is 19.8 Å². The van der Waals surface area contributed by atoms with Crippen LogP contribution in [0.5, 0.6) is 0 Å². The largest absolute Gasteiger partial charge is 0.467 e. The lowest BCUT2D eigenvalue weighted by Crippen LogP contribution is -2.48. The number of furan rings is 1. The molecule has 1 aromatic heterocycles. The van der Waals surface area contributed by atoms with E-state index in [1.54, 1.807) is 19.1 Å². The zero-order valence-electron chi connectivity index (χ0n) is 16.3. The second-order valence-electron chi connectivity index (χ2n) is 6.76. The third kappa shape index (κ3) is 4.43. The molecule has 3 rings (SSSR count). The summed E-state index contributed by atoms with van der Waals surface area (Å²) in [7, 11) is 1.94. The third-order valence-corrected chi connectivity index (χ3v) is 4.61. The fraction of sp³-hybridized carbons (Fsp3) is 0.333. The maximum absolute atomic E-state index is 12.7. The molecular weight excluding hydrogens is 358 g/mol. The van der Waals surface area contributed by atoms with Gasteiger partial charge in [-0.3, -0.25) is 4.90 Å². The molecule has 0 saturated heterocycles. The van der Waals surface area contributed by atoms with Gasteiger partial charge in [0.25, 0.3) is 0 Å². The van der Waals surface area contributed by atoms with E-state index < -0.39 is 12.0 Å². The summed E-state index contributed by atoms with van der Waals surface area (Å²) in [6, 6.07) is 10.5. The number of urea groups is 1. The van der Waals surface area contributed by atoms with E-state index in [-0.39, 0.29) is 12.6 Å². The zero-order valence-corrected chi connectivity index (χ0v) is 16.3. The summed E-state index contributed by atoms with van der Waals surface area (Å²) in [4.78, 5) is 27.0. The van der Waals surface area contributed by atoms with Crippen molar-refractivity contribution in [1.29, 1.82) is 0 Å². The first-order valence-corrected chi connectivity index (χ1v) is 9.23. The van der Waals surface area contributed by atoms with E-state index in [2.05, 4.69) is 29.7 Å². The van der Waals surface area contributed by atoms with Crippen LogP contribution in [0.1, 0.15) is 29.9 Å². The van der Waals surface area contributed by atoms with Crippen molar-refractivity contribution in [2.75, 3.05) is 20.2 Å². The molecule has 2 amide bonds. The van der Waals surface area contributed by atoms with Gasteiger partial charge in [0.15, 0.2) is 0 Å². The van der Waals surface area contributed by atoms with Gasteiger partial charge in [0.05, 0.1) is 18.4 Å². The molecule has 0 aliphatic carbocycles. The maximum Gasteiger partial charge on any atom is 0.338 e. The minimum atomic E-state index is -0.690. The topological polar surface area (TPSA) is 83.8 Å². The number of esters is 1. The summed E-state index contributed by atoms with van der Waals surface area (Å²) in [5, 5.41) is 5.52. The Morgan fingerprint density at radius 3 is 2.68 bits per heavy atom. The number of carbonyl (C=O) groups is 2. The predicted molar refractivity (Wildman–Crippen MR) is 104 cm³/mol. The van der Waals surface area contributed by atoms with E-state index in [0.717, 1.165) is 0 Å². The molecular formula is C21H25N3O4. The molecule has 148 valence electrons. The van der Waals surface area contributed by atoms with Crippen LogP contribution in [0.25, 0.3) is 0 Å². The van der Waals surface area contributed by atoms with Gasteiger partial charge in [-0.15, -0.1) is 0 Å². The van der Waals surface area contributed by atoms with Crippen molar-refractivity contribution in [3.63, 3.8) is 0 Å². The van der Waals surface area contributed by atoms with Crippen LogP contribution in [0.2, 0.25) is 0 Å². The first-order valence-electron chi connectivity index (χ1n) is 9.23. The number of hydrogen-bond donors (Lipinski definition) is 2. The van der Waals surface area contributed by atoms with Gasteiger partial charge >= 0.3 is 12.0 Å². The summed E-state index contributed by atoms with van der Waals surface area (Å²) in [6.07, 6.45) is 1.51. The van der Waals surface area contributed by atoms with Crippen LogP contribution in [0.4, 0.5) is 4.79 Å². The molecule has 1 atom stereocenters. The van der Waals surface area contributed by atoms with E-state index in [1.807, 2.05) is 24.1 Å². The van der Waals surface area contributed by atoms with E-state index in [1.165, 1.54) is 17.4 Å². The highest BCUT2D eigenvalue weighted by Crippen LogP contribution is 2.28. The number of nitrogens with one attached hydrogen (secondary N) is 2. The third-order valence-electron chi connectivity index (χ3n) is 4.61. The van der Waals surface area contributed by atoms with E-state index >= 15 is 0 Å². The number of likely N-dealkylation sites (N-methyl/N-ethyl adjacent to an activating group) is 1. The minimum Gasteiger partial charge on any atom is -0.467 e. The number of carbonyl (C=O) groups excluding carboxylic acids is 2. The number of hydrogen-bond acceptors (Lipinski definition) is 5. The average molecular weight is 383 g/mol. The molecule has 0 radical (unpaired) electrons. The SMILES string of the molecule is CCOC(=O)C1=C(CN(C)Cc2ccccc2C)NC(=O)N[C@H]1c1ccco1. The lowest BCUT2D eigenvalue weighted by atomic mass is 9.99. The Labute approximate surface area is 164 Å². The first-order chi connectivity index (χ1) is 13.5. The molecule has 0 fully saturated rings. The smallest absolute Gasteiger partial charge is 0.338 e. The van der Waals surface area contributed by atoms with E-state index in [9.17, 15) is 9.59 Å². The number of rotatable bonds is 7. The first kappa shape index (κ1) is 19.7. The highest BCUT2D eigenvalue weighted by Gasteiger charge is 2.35. The molecule has 1 aliphatic heterocycles. The fourth-order valence-corrected chi connectivity index (χ4v) is 3.27. The quantitative estimate of drug-likeness (QED) is 0.719. The summed E-state index contributed by atoms with van der Waals surface area (Å²) in [6.45, 7) is 5.12. The van der Waals surface area contributed by atoms with E-state index in [0.29, 0.717) is 30.1 Å². The van der Waals surface area contributed by atoms with Gasteiger partial charge in [-0.1, -0.05) is 24.3 Å². The number of aryl methyl sites for hydroxylation is 1. The summed E-state index contributed by atoms with van der Waals surface area (Å²) >= 11 is 0. The van der Waals surface area contributed by atoms with Crippen LogP contribution in [0.3, 0.4) is 0 Å².